The fourth-order valence-electron chi connectivity index (χ4n) is 2.23. The van der Waals surface area contributed by atoms with Crippen LogP contribution in [0, 0.1) is 0 Å². The molecule has 2 aromatic heterocycles. The molecule has 0 bridgehead atoms. The Kier molecular flexibility index (Phi) is 4.59. The van der Waals surface area contributed by atoms with Gasteiger partial charge in [-0.25, -0.2) is 4.79 Å². The summed E-state index contributed by atoms with van der Waals surface area (Å²) in [6.07, 6.45) is 0.638. The van der Waals surface area contributed by atoms with Crippen molar-refractivity contribution < 1.29 is 14.3 Å². The zero-order valence-corrected chi connectivity index (χ0v) is 12.0. The van der Waals surface area contributed by atoms with Crippen LogP contribution in [0.15, 0.2) is 33.5 Å². The fraction of sp³-hybridized carbons (Fsp3) is 0.333. The Balaban J connectivity index is 2.10. The maximum absolute atomic E-state index is 11.3. The first-order valence-electron chi connectivity index (χ1n) is 6.71. The maximum atomic E-state index is 11.3. The van der Waals surface area contributed by atoms with Gasteiger partial charge in [0.05, 0.1) is 0 Å². The summed E-state index contributed by atoms with van der Waals surface area (Å²) < 4.78 is 5.31. The molecular formula is C15H18N2O4. The summed E-state index contributed by atoms with van der Waals surface area (Å²) >= 11 is 0. The summed E-state index contributed by atoms with van der Waals surface area (Å²) in [5.74, 6) is -0.421. The second-order valence-corrected chi connectivity index (χ2v) is 4.93. The van der Waals surface area contributed by atoms with Gasteiger partial charge in [-0.05, 0) is 19.2 Å². The van der Waals surface area contributed by atoms with Crippen LogP contribution in [-0.2, 0) is 19.5 Å². The fourth-order valence-corrected chi connectivity index (χ4v) is 2.23. The molecule has 2 heterocycles. The van der Waals surface area contributed by atoms with E-state index < -0.39 is 5.97 Å². The van der Waals surface area contributed by atoms with Crippen molar-refractivity contribution in [2.75, 3.05) is 7.05 Å². The predicted octanol–water partition coefficient (Wildman–Crippen LogP) is 1.86. The first-order chi connectivity index (χ1) is 9.99. The highest BCUT2D eigenvalue weighted by Crippen LogP contribution is 2.18. The number of aromatic amines is 1. The molecule has 0 saturated carbocycles. The van der Waals surface area contributed by atoms with E-state index in [2.05, 4.69) is 4.98 Å². The van der Waals surface area contributed by atoms with E-state index in [1.54, 1.807) is 12.1 Å². The van der Waals surface area contributed by atoms with Crippen molar-refractivity contribution in [2.45, 2.75) is 26.4 Å². The summed E-state index contributed by atoms with van der Waals surface area (Å²) in [5.41, 5.74) is 1.53. The van der Waals surface area contributed by atoms with E-state index in [4.69, 9.17) is 9.52 Å². The van der Waals surface area contributed by atoms with Gasteiger partial charge in [0.25, 0.3) is 0 Å². The number of aromatic carboxylic acids is 1. The molecule has 6 nitrogen and oxygen atoms in total. The maximum Gasteiger partial charge on any atom is 0.371 e. The average molecular weight is 290 g/mol. The normalized spacial score (nSPS) is 11.0. The number of furan rings is 1. The van der Waals surface area contributed by atoms with E-state index in [1.807, 2.05) is 24.9 Å². The topological polar surface area (TPSA) is 86.5 Å². The molecule has 0 amide bonds. The number of nitrogens with one attached hydrogen (secondary N) is 1. The van der Waals surface area contributed by atoms with Crippen LogP contribution < -0.4 is 5.56 Å². The predicted molar refractivity (Wildman–Crippen MR) is 77.3 cm³/mol. The molecule has 2 aromatic rings. The molecule has 21 heavy (non-hydrogen) atoms. The molecule has 0 spiro atoms. The van der Waals surface area contributed by atoms with Crippen LogP contribution in [0.1, 0.15) is 34.5 Å². The van der Waals surface area contributed by atoms with Gasteiger partial charge < -0.3 is 14.5 Å². The Hall–Kier alpha value is -2.34. The van der Waals surface area contributed by atoms with E-state index in [1.165, 1.54) is 6.07 Å². The number of rotatable bonds is 6. The zero-order valence-electron chi connectivity index (χ0n) is 12.0. The molecule has 0 aliphatic carbocycles. The highest BCUT2D eigenvalue weighted by Gasteiger charge is 2.16. The number of H-pyrrole nitrogens is 1. The Morgan fingerprint density at radius 2 is 2.14 bits per heavy atom. The minimum absolute atomic E-state index is 0.0385. The minimum atomic E-state index is -1.06. The van der Waals surface area contributed by atoms with E-state index in [0.717, 1.165) is 11.3 Å². The Morgan fingerprint density at radius 3 is 2.76 bits per heavy atom. The second kappa shape index (κ2) is 6.41. The van der Waals surface area contributed by atoms with Crippen molar-refractivity contribution in [2.24, 2.45) is 0 Å². The number of carboxylic acid groups (broad SMARTS) is 1. The van der Waals surface area contributed by atoms with Crippen LogP contribution in [0.2, 0.25) is 0 Å². The largest absolute Gasteiger partial charge is 0.475 e. The summed E-state index contributed by atoms with van der Waals surface area (Å²) in [6.45, 7) is 3.03. The number of hydrogen-bond acceptors (Lipinski definition) is 4. The van der Waals surface area contributed by atoms with Gasteiger partial charge in [0, 0.05) is 36.8 Å². The highest BCUT2D eigenvalue weighted by molar-refractivity contribution is 5.84. The third-order valence-corrected chi connectivity index (χ3v) is 3.14. The monoisotopic (exact) mass is 290 g/mol. The van der Waals surface area contributed by atoms with Crippen LogP contribution in [0.5, 0.6) is 0 Å². The third kappa shape index (κ3) is 3.82. The average Bonchev–Trinajstić information content (AvgIpc) is 2.81. The molecule has 112 valence electrons. The molecule has 0 saturated heterocycles. The van der Waals surface area contributed by atoms with Gasteiger partial charge >= 0.3 is 5.97 Å². The Bertz CT molecular complexity index is 687. The Labute approximate surface area is 122 Å². The lowest BCUT2D eigenvalue weighted by Gasteiger charge is -2.16. The van der Waals surface area contributed by atoms with Gasteiger partial charge in [-0.15, -0.1) is 0 Å². The standard InChI is InChI=1S/C15H18N2O4/c1-3-12-10(7-13(21-12)15(19)20)8-17(2)9-11-5-4-6-14(18)16-11/h4-7H,3,8-9H2,1-2H3,(H,16,18)(H,19,20). The first-order valence-corrected chi connectivity index (χ1v) is 6.71. The van der Waals surface area contributed by atoms with E-state index >= 15 is 0 Å². The molecule has 2 rings (SSSR count). The SMILES string of the molecule is CCc1oc(C(=O)O)cc1CN(C)Cc1cccc(=O)[nH]1. The summed E-state index contributed by atoms with van der Waals surface area (Å²) in [5, 5.41) is 8.97. The summed E-state index contributed by atoms with van der Waals surface area (Å²) in [6, 6.07) is 6.58. The van der Waals surface area contributed by atoms with Crippen molar-refractivity contribution in [1.29, 1.82) is 0 Å². The second-order valence-electron chi connectivity index (χ2n) is 4.93. The van der Waals surface area contributed by atoms with Crippen molar-refractivity contribution >= 4 is 5.97 Å². The van der Waals surface area contributed by atoms with Crippen molar-refractivity contribution in [1.82, 2.24) is 9.88 Å². The third-order valence-electron chi connectivity index (χ3n) is 3.14. The van der Waals surface area contributed by atoms with E-state index in [0.29, 0.717) is 25.3 Å². The zero-order chi connectivity index (χ0) is 15.4. The lowest BCUT2D eigenvalue weighted by Crippen LogP contribution is -2.20. The van der Waals surface area contributed by atoms with Crippen LogP contribution in [0.25, 0.3) is 0 Å². The summed E-state index contributed by atoms with van der Waals surface area (Å²) in [4.78, 5) is 27.0. The molecule has 0 fully saturated rings. The van der Waals surface area contributed by atoms with Crippen LogP contribution in [-0.4, -0.2) is 28.0 Å². The van der Waals surface area contributed by atoms with E-state index in [9.17, 15) is 9.59 Å². The van der Waals surface area contributed by atoms with Gasteiger partial charge in [0.15, 0.2) is 0 Å². The van der Waals surface area contributed by atoms with Crippen molar-refractivity contribution in [3.05, 3.63) is 57.4 Å². The molecule has 0 unspecified atom stereocenters. The Morgan fingerprint density at radius 1 is 1.38 bits per heavy atom. The van der Waals surface area contributed by atoms with Gasteiger partial charge in [-0.1, -0.05) is 13.0 Å². The van der Waals surface area contributed by atoms with Gasteiger partial charge in [-0.2, -0.15) is 0 Å². The lowest BCUT2D eigenvalue weighted by molar-refractivity contribution is 0.0660. The molecule has 0 aromatic carbocycles. The first kappa shape index (κ1) is 15.1. The molecular weight excluding hydrogens is 272 g/mol. The van der Waals surface area contributed by atoms with Crippen molar-refractivity contribution in [3.63, 3.8) is 0 Å². The van der Waals surface area contributed by atoms with Gasteiger partial charge in [0.1, 0.15) is 5.76 Å². The molecule has 0 radical (unpaired) electrons. The number of nitrogens with zero attached hydrogens (tertiary/aromatic N) is 1. The van der Waals surface area contributed by atoms with Crippen LogP contribution >= 0.6 is 0 Å². The summed E-state index contributed by atoms with van der Waals surface area (Å²) in [7, 11) is 1.90. The molecule has 0 aliphatic rings. The smallest absolute Gasteiger partial charge is 0.371 e. The number of carbonyl (C=O) groups is 1. The quantitative estimate of drug-likeness (QED) is 0.848. The van der Waals surface area contributed by atoms with Crippen LogP contribution in [0.4, 0.5) is 0 Å². The van der Waals surface area contributed by atoms with Gasteiger partial charge in [0.2, 0.25) is 11.3 Å². The van der Waals surface area contributed by atoms with Crippen LogP contribution in [0.3, 0.4) is 0 Å². The van der Waals surface area contributed by atoms with Gasteiger partial charge in [-0.3, -0.25) is 9.69 Å². The minimum Gasteiger partial charge on any atom is -0.475 e. The highest BCUT2D eigenvalue weighted by atomic mass is 16.4. The number of aryl methyl sites for hydroxylation is 1. The number of pyridine rings is 1. The van der Waals surface area contributed by atoms with E-state index in [-0.39, 0.29) is 11.3 Å². The lowest BCUT2D eigenvalue weighted by atomic mass is 10.2. The number of aromatic nitrogens is 1. The molecule has 6 heteroatoms. The number of hydrogen-bond donors (Lipinski definition) is 2. The molecule has 0 aliphatic heterocycles. The van der Waals surface area contributed by atoms with Crippen molar-refractivity contribution in [3.8, 4) is 0 Å². The molecule has 2 N–H and O–H groups in total. The molecule has 0 atom stereocenters. The number of carboxylic acids is 1.